The van der Waals surface area contributed by atoms with Crippen molar-refractivity contribution >= 4 is 11.9 Å². The average Bonchev–Trinajstić information content (AvgIpc) is 2.26. The minimum absolute atomic E-state index is 0.153. The third-order valence-electron chi connectivity index (χ3n) is 1.73. The van der Waals surface area contributed by atoms with E-state index in [9.17, 15) is 9.59 Å². The molecule has 0 bridgehead atoms. The van der Waals surface area contributed by atoms with Gasteiger partial charge in [-0.05, 0) is 6.42 Å². The predicted octanol–water partition coefficient (Wildman–Crippen LogP) is -0.776. The Morgan fingerprint density at radius 3 is 2.20 bits per heavy atom. The zero-order valence-corrected chi connectivity index (χ0v) is 8.80. The fourth-order valence-corrected chi connectivity index (χ4v) is 0.781. The fourth-order valence-electron chi connectivity index (χ4n) is 0.781. The van der Waals surface area contributed by atoms with Crippen molar-refractivity contribution in [1.29, 1.82) is 0 Å². The van der Waals surface area contributed by atoms with Crippen LogP contribution in [0.25, 0.3) is 0 Å². The fraction of sp³-hybridized carbons (Fsp3) is 0.778. The molecule has 0 rings (SSSR count). The minimum Gasteiger partial charge on any atom is -0.467 e. The van der Waals surface area contributed by atoms with Crippen LogP contribution in [0.5, 0.6) is 0 Å². The van der Waals surface area contributed by atoms with Crippen LogP contribution in [0.2, 0.25) is 0 Å². The molecule has 0 aliphatic carbocycles. The summed E-state index contributed by atoms with van der Waals surface area (Å²) in [6.45, 7) is 2.06. The number of aliphatic hydroxyl groups is 2. The molecule has 88 valence electrons. The normalized spacial score (nSPS) is 14.1. The van der Waals surface area contributed by atoms with Gasteiger partial charge in [0, 0.05) is 0 Å². The summed E-state index contributed by atoms with van der Waals surface area (Å²) in [5.41, 5.74) is 0. The summed E-state index contributed by atoms with van der Waals surface area (Å²) in [7, 11) is 1.04. The Bertz CT molecular complexity index is 215. The lowest BCUT2D eigenvalue weighted by Crippen LogP contribution is -2.41. The number of aliphatic hydroxyl groups excluding tert-OH is 2. The highest BCUT2D eigenvalue weighted by molar-refractivity contribution is 5.85. The van der Waals surface area contributed by atoms with Crippen molar-refractivity contribution in [2.75, 3.05) is 13.7 Å². The van der Waals surface area contributed by atoms with Gasteiger partial charge in [-0.2, -0.15) is 0 Å². The van der Waals surface area contributed by atoms with E-state index in [1.165, 1.54) is 0 Å². The molecule has 0 amide bonds. The Morgan fingerprint density at radius 1 is 1.20 bits per heavy atom. The van der Waals surface area contributed by atoms with E-state index in [0.29, 0.717) is 6.42 Å². The molecule has 0 aromatic heterocycles. The molecule has 2 unspecified atom stereocenters. The van der Waals surface area contributed by atoms with Crippen LogP contribution < -0.4 is 0 Å². The van der Waals surface area contributed by atoms with Crippen LogP contribution in [0, 0.1) is 0 Å². The molecule has 0 aliphatic heterocycles. The minimum atomic E-state index is -1.90. The number of carbonyl (C=O) groups is 2. The molecule has 0 saturated heterocycles. The second-order valence-corrected chi connectivity index (χ2v) is 2.93. The highest BCUT2D eigenvalue weighted by Crippen LogP contribution is 2.00. The molecule has 0 fully saturated rings. The summed E-state index contributed by atoms with van der Waals surface area (Å²) in [4.78, 5) is 21.8. The van der Waals surface area contributed by atoms with Gasteiger partial charge >= 0.3 is 11.9 Å². The molecule has 0 spiro atoms. The number of ether oxygens (including phenoxy) is 2. The van der Waals surface area contributed by atoms with Gasteiger partial charge in [0.25, 0.3) is 0 Å². The van der Waals surface area contributed by atoms with E-state index in [4.69, 9.17) is 10.2 Å². The van der Waals surface area contributed by atoms with E-state index in [1.54, 1.807) is 0 Å². The van der Waals surface area contributed by atoms with Gasteiger partial charge in [0.1, 0.15) is 0 Å². The molecular weight excluding hydrogens is 204 g/mol. The number of hydrogen-bond donors (Lipinski definition) is 2. The lowest BCUT2D eigenvalue weighted by Gasteiger charge is -2.14. The second-order valence-electron chi connectivity index (χ2n) is 2.93. The maximum absolute atomic E-state index is 11.0. The number of rotatable bonds is 6. The number of methoxy groups -OCH3 is 1. The van der Waals surface area contributed by atoms with Gasteiger partial charge < -0.3 is 19.7 Å². The Balaban J connectivity index is 4.02. The summed E-state index contributed by atoms with van der Waals surface area (Å²) in [6.07, 6.45) is -2.30. The Hall–Kier alpha value is -1.14. The third-order valence-corrected chi connectivity index (χ3v) is 1.73. The van der Waals surface area contributed by atoms with Crippen molar-refractivity contribution in [2.24, 2.45) is 0 Å². The van der Waals surface area contributed by atoms with Crippen molar-refractivity contribution < 1.29 is 29.3 Å². The number of esters is 2. The number of carbonyl (C=O) groups excluding carboxylic acids is 2. The molecule has 6 nitrogen and oxygen atoms in total. The van der Waals surface area contributed by atoms with Crippen LogP contribution in [-0.2, 0) is 19.1 Å². The topological polar surface area (TPSA) is 93.1 Å². The van der Waals surface area contributed by atoms with Crippen molar-refractivity contribution in [1.82, 2.24) is 0 Å². The maximum atomic E-state index is 11.0. The number of hydrogen-bond acceptors (Lipinski definition) is 6. The molecule has 0 saturated carbocycles. The molecule has 0 aliphatic rings. The first-order chi connectivity index (χ1) is 7.04. The molecule has 15 heavy (non-hydrogen) atoms. The van der Waals surface area contributed by atoms with E-state index in [0.717, 1.165) is 13.5 Å². The van der Waals surface area contributed by atoms with Gasteiger partial charge in [-0.15, -0.1) is 0 Å². The first-order valence-electron chi connectivity index (χ1n) is 4.65. The van der Waals surface area contributed by atoms with Crippen molar-refractivity contribution in [3.05, 3.63) is 0 Å². The van der Waals surface area contributed by atoms with Crippen molar-refractivity contribution in [3.8, 4) is 0 Å². The Morgan fingerprint density at radius 2 is 1.73 bits per heavy atom. The highest BCUT2D eigenvalue weighted by atomic mass is 16.6. The molecule has 0 aromatic rings. The monoisotopic (exact) mass is 220 g/mol. The number of unbranched alkanes of at least 4 members (excludes halogenated alkanes) is 1. The van der Waals surface area contributed by atoms with Gasteiger partial charge in [0.05, 0.1) is 13.7 Å². The van der Waals surface area contributed by atoms with Crippen LogP contribution in [0.4, 0.5) is 0 Å². The molecule has 0 heterocycles. The maximum Gasteiger partial charge on any atom is 0.338 e. The largest absolute Gasteiger partial charge is 0.467 e. The molecule has 0 radical (unpaired) electrons. The Kier molecular flexibility index (Phi) is 6.64. The molecular formula is C9H16O6. The first kappa shape index (κ1) is 13.9. The lowest BCUT2D eigenvalue weighted by molar-refractivity contribution is -0.171. The van der Waals surface area contributed by atoms with Crippen LogP contribution in [0.15, 0.2) is 0 Å². The Labute approximate surface area is 87.8 Å². The first-order valence-corrected chi connectivity index (χ1v) is 4.65. The van der Waals surface area contributed by atoms with E-state index < -0.39 is 24.1 Å². The van der Waals surface area contributed by atoms with Crippen LogP contribution in [0.1, 0.15) is 19.8 Å². The van der Waals surface area contributed by atoms with Crippen LogP contribution >= 0.6 is 0 Å². The van der Waals surface area contributed by atoms with Gasteiger partial charge in [0.15, 0.2) is 12.2 Å². The highest BCUT2D eigenvalue weighted by Gasteiger charge is 2.32. The standard InChI is InChI=1S/C9H16O6/c1-3-4-5-15-9(13)7(11)6(10)8(12)14-2/h6-7,10-11H,3-5H2,1-2H3. The van der Waals surface area contributed by atoms with Crippen LogP contribution in [-0.4, -0.2) is 48.1 Å². The molecule has 6 heteroatoms. The summed E-state index contributed by atoms with van der Waals surface area (Å²) >= 11 is 0. The zero-order chi connectivity index (χ0) is 11.8. The van der Waals surface area contributed by atoms with Crippen molar-refractivity contribution in [2.45, 2.75) is 32.0 Å². The van der Waals surface area contributed by atoms with E-state index in [1.807, 2.05) is 6.92 Å². The average molecular weight is 220 g/mol. The van der Waals surface area contributed by atoms with Gasteiger partial charge in [-0.1, -0.05) is 13.3 Å². The summed E-state index contributed by atoms with van der Waals surface area (Å²) in [5.74, 6) is -2.10. The smallest absolute Gasteiger partial charge is 0.338 e. The second kappa shape index (κ2) is 7.19. The lowest BCUT2D eigenvalue weighted by atomic mass is 10.2. The summed E-state index contributed by atoms with van der Waals surface area (Å²) in [5, 5.41) is 18.2. The molecule has 2 atom stereocenters. The molecule has 2 N–H and O–H groups in total. The molecule has 0 aromatic carbocycles. The summed E-state index contributed by atoms with van der Waals surface area (Å²) in [6, 6.07) is 0. The van der Waals surface area contributed by atoms with E-state index in [-0.39, 0.29) is 6.61 Å². The van der Waals surface area contributed by atoms with E-state index >= 15 is 0 Å². The SMILES string of the molecule is CCCCOC(=O)C(O)C(O)C(=O)OC. The van der Waals surface area contributed by atoms with Gasteiger partial charge in [0.2, 0.25) is 0 Å². The quantitative estimate of drug-likeness (QED) is 0.451. The summed E-state index contributed by atoms with van der Waals surface area (Å²) < 4.78 is 8.76. The van der Waals surface area contributed by atoms with E-state index in [2.05, 4.69) is 9.47 Å². The van der Waals surface area contributed by atoms with Crippen molar-refractivity contribution in [3.63, 3.8) is 0 Å². The van der Waals surface area contributed by atoms with Gasteiger partial charge in [-0.3, -0.25) is 0 Å². The third kappa shape index (κ3) is 4.75. The van der Waals surface area contributed by atoms with Crippen LogP contribution in [0.3, 0.4) is 0 Å². The predicted molar refractivity (Wildman–Crippen MR) is 49.9 cm³/mol. The zero-order valence-electron chi connectivity index (χ0n) is 8.80. The van der Waals surface area contributed by atoms with Gasteiger partial charge in [-0.25, -0.2) is 9.59 Å².